The first-order valence-electron chi connectivity index (χ1n) is 10.1. The molecule has 5 aromatic rings. The number of hydrogen-bond donors (Lipinski definition) is 1. The van der Waals surface area contributed by atoms with E-state index in [0.29, 0.717) is 16.5 Å². The Kier molecular flexibility index (Phi) is 5.47. The highest BCUT2D eigenvalue weighted by Gasteiger charge is 2.19. The number of H-pyrrole nitrogens is 1. The maximum atomic E-state index is 12.7. The molecule has 0 aliphatic rings. The molecule has 7 heteroatoms. The van der Waals surface area contributed by atoms with Crippen molar-refractivity contribution < 1.29 is 9.53 Å². The maximum absolute atomic E-state index is 12.7. The number of fused-ring (bicyclic) bond motifs is 1. The largest absolute Gasteiger partial charge is 0.497 e. The Balaban J connectivity index is 1.47. The number of carbonyl (C=O) groups is 1. The monoisotopic (exact) mass is 440 g/mol. The van der Waals surface area contributed by atoms with Crippen molar-refractivity contribution in [2.24, 2.45) is 0 Å². The lowest BCUT2D eigenvalue weighted by atomic mass is 10.1. The molecule has 6 nitrogen and oxygen atoms in total. The van der Waals surface area contributed by atoms with Crippen molar-refractivity contribution in [1.82, 2.24) is 19.7 Å². The molecular formula is C25H20N4O2S. The second kappa shape index (κ2) is 8.72. The fourth-order valence-electron chi connectivity index (χ4n) is 3.53. The number of Topliss-reactive ketones (excluding diaryl/α,β-unsaturated/α-hetero) is 1. The molecule has 0 bridgehead atoms. The number of methoxy groups -OCH3 is 1. The van der Waals surface area contributed by atoms with Gasteiger partial charge in [-0.2, -0.15) is 0 Å². The number of aromatic nitrogens is 4. The fraction of sp³-hybridized carbons (Fsp3) is 0.0800. The van der Waals surface area contributed by atoms with E-state index in [4.69, 9.17) is 4.74 Å². The first-order chi connectivity index (χ1) is 15.7. The topological polar surface area (TPSA) is 72.8 Å². The van der Waals surface area contributed by atoms with Crippen LogP contribution in [0.15, 0.2) is 90.1 Å². The van der Waals surface area contributed by atoms with Crippen LogP contribution in [0, 0.1) is 0 Å². The van der Waals surface area contributed by atoms with Crippen LogP contribution in [0.1, 0.15) is 10.4 Å². The third-order valence-corrected chi connectivity index (χ3v) is 6.09. The van der Waals surface area contributed by atoms with E-state index in [0.717, 1.165) is 28.0 Å². The zero-order valence-electron chi connectivity index (χ0n) is 17.4. The van der Waals surface area contributed by atoms with E-state index in [9.17, 15) is 4.79 Å². The van der Waals surface area contributed by atoms with Crippen LogP contribution < -0.4 is 4.74 Å². The first-order valence-corrected chi connectivity index (χ1v) is 11.1. The van der Waals surface area contributed by atoms with E-state index in [-0.39, 0.29) is 11.5 Å². The zero-order chi connectivity index (χ0) is 21.9. The molecule has 0 saturated heterocycles. The van der Waals surface area contributed by atoms with Gasteiger partial charge in [0, 0.05) is 22.2 Å². The number of nitrogens with zero attached hydrogens (tertiary/aromatic N) is 3. The Bertz CT molecular complexity index is 1340. The molecule has 0 amide bonds. The summed E-state index contributed by atoms with van der Waals surface area (Å²) in [6, 6.07) is 27.2. The summed E-state index contributed by atoms with van der Waals surface area (Å²) in [6.45, 7) is 0. The SMILES string of the molecule is COc1ccc(C(=O)CSc2nnc(-c3cc4ccccc4[nH]3)n2-c2ccccc2)cc1. The molecular weight excluding hydrogens is 420 g/mol. The van der Waals surface area contributed by atoms with Crippen molar-refractivity contribution in [3.63, 3.8) is 0 Å². The van der Waals surface area contributed by atoms with Crippen molar-refractivity contribution >= 4 is 28.4 Å². The standard InChI is InChI=1S/C25H20N4O2S/c1-31-20-13-11-17(12-14-20)23(30)16-32-25-28-27-24(29(25)19-8-3-2-4-9-19)22-15-18-7-5-6-10-21(18)26-22/h2-15,26H,16H2,1H3. The molecule has 0 aliphatic carbocycles. The predicted octanol–water partition coefficient (Wildman–Crippen LogP) is 5.40. The number of ether oxygens (including phenoxy) is 1. The van der Waals surface area contributed by atoms with Crippen molar-refractivity contribution in [3.8, 4) is 23.0 Å². The Morgan fingerprint density at radius 2 is 1.72 bits per heavy atom. The smallest absolute Gasteiger partial charge is 0.196 e. The molecule has 0 aliphatic heterocycles. The van der Waals surface area contributed by atoms with Crippen molar-refractivity contribution in [2.45, 2.75) is 5.16 Å². The Labute approximate surface area is 189 Å². The van der Waals surface area contributed by atoms with Gasteiger partial charge in [0.25, 0.3) is 0 Å². The highest BCUT2D eigenvalue weighted by atomic mass is 32.2. The van der Waals surface area contributed by atoms with Gasteiger partial charge in [-0.1, -0.05) is 48.2 Å². The molecule has 2 heterocycles. The molecule has 0 fully saturated rings. The summed E-state index contributed by atoms with van der Waals surface area (Å²) in [5.74, 6) is 1.70. The van der Waals surface area contributed by atoms with Gasteiger partial charge in [-0.15, -0.1) is 10.2 Å². The van der Waals surface area contributed by atoms with Gasteiger partial charge in [0.1, 0.15) is 5.75 Å². The van der Waals surface area contributed by atoms with Crippen LogP contribution in [0.4, 0.5) is 0 Å². The Morgan fingerprint density at radius 3 is 2.47 bits per heavy atom. The third-order valence-electron chi connectivity index (χ3n) is 5.16. The number of carbonyl (C=O) groups excluding carboxylic acids is 1. The molecule has 0 unspecified atom stereocenters. The van der Waals surface area contributed by atoms with E-state index < -0.39 is 0 Å². The van der Waals surface area contributed by atoms with E-state index in [1.54, 1.807) is 31.4 Å². The molecule has 0 spiro atoms. The van der Waals surface area contributed by atoms with Crippen LogP contribution in [-0.2, 0) is 0 Å². The number of hydrogen-bond acceptors (Lipinski definition) is 5. The zero-order valence-corrected chi connectivity index (χ0v) is 18.2. The molecule has 5 rings (SSSR count). The number of ketones is 1. The van der Waals surface area contributed by atoms with Crippen molar-refractivity contribution in [3.05, 3.63) is 90.5 Å². The average molecular weight is 441 g/mol. The summed E-state index contributed by atoms with van der Waals surface area (Å²) in [4.78, 5) is 16.2. The third kappa shape index (κ3) is 3.90. The minimum atomic E-state index is 0.0208. The van der Waals surface area contributed by atoms with Crippen LogP contribution in [0.3, 0.4) is 0 Å². The van der Waals surface area contributed by atoms with Gasteiger partial charge in [-0.05, 0) is 48.5 Å². The molecule has 3 aromatic carbocycles. The first kappa shape index (κ1) is 20.1. The second-order valence-electron chi connectivity index (χ2n) is 7.19. The molecule has 0 radical (unpaired) electrons. The second-order valence-corrected chi connectivity index (χ2v) is 8.13. The van der Waals surface area contributed by atoms with Crippen LogP contribution in [0.2, 0.25) is 0 Å². The highest BCUT2D eigenvalue weighted by Crippen LogP contribution is 2.30. The summed E-state index contributed by atoms with van der Waals surface area (Å²) >= 11 is 1.37. The lowest BCUT2D eigenvalue weighted by Gasteiger charge is -2.09. The number of benzene rings is 3. The average Bonchev–Trinajstić information content (AvgIpc) is 3.47. The number of nitrogens with one attached hydrogen (secondary N) is 1. The minimum Gasteiger partial charge on any atom is -0.497 e. The summed E-state index contributed by atoms with van der Waals surface area (Å²) in [7, 11) is 1.60. The molecule has 32 heavy (non-hydrogen) atoms. The minimum absolute atomic E-state index is 0.0208. The van der Waals surface area contributed by atoms with Gasteiger partial charge >= 0.3 is 0 Å². The summed E-state index contributed by atoms with van der Waals surface area (Å²) in [5.41, 5.74) is 3.48. The lowest BCUT2D eigenvalue weighted by molar-refractivity contribution is 0.102. The van der Waals surface area contributed by atoms with Crippen LogP contribution in [-0.4, -0.2) is 38.4 Å². The summed E-state index contributed by atoms with van der Waals surface area (Å²) < 4.78 is 7.15. The lowest BCUT2D eigenvalue weighted by Crippen LogP contribution is -2.05. The fourth-order valence-corrected chi connectivity index (χ4v) is 4.38. The maximum Gasteiger partial charge on any atom is 0.196 e. The summed E-state index contributed by atoms with van der Waals surface area (Å²) in [6.07, 6.45) is 0. The van der Waals surface area contributed by atoms with E-state index in [1.165, 1.54) is 11.8 Å². The molecule has 1 N–H and O–H groups in total. The van der Waals surface area contributed by atoms with Crippen LogP contribution in [0.25, 0.3) is 28.1 Å². The molecule has 0 atom stereocenters. The quantitative estimate of drug-likeness (QED) is 0.271. The number of rotatable bonds is 7. The van der Waals surface area contributed by atoms with Gasteiger partial charge in [0.2, 0.25) is 0 Å². The van der Waals surface area contributed by atoms with Crippen molar-refractivity contribution in [1.29, 1.82) is 0 Å². The Morgan fingerprint density at radius 1 is 0.969 bits per heavy atom. The molecule has 2 aromatic heterocycles. The van der Waals surface area contributed by atoms with E-state index in [2.05, 4.69) is 27.3 Å². The van der Waals surface area contributed by atoms with Crippen LogP contribution in [0.5, 0.6) is 5.75 Å². The Hall–Kier alpha value is -3.84. The number of para-hydroxylation sites is 2. The van der Waals surface area contributed by atoms with Gasteiger partial charge < -0.3 is 9.72 Å². The number of aromatic amines is 1. The van der Waals surface area contributed by atoms with Crippen molar-refractivity contribution in [2.75, 3.05) is 12.9 Å². The number of thioether (sulfide) groups is 1. The molecule has 0 saturated carbocycles. The van der Waals surface area contributed by atoms with E-state index >= 15 is 0 Å². The highest BCUT2D eigenvalue weighted by molar-refractivity contribution is 7.99. The summed E-state index contributed by atoms with van der Waals surface area (Å²) in [5, 5.41) is 10.6. The predicted molar refractivity (Wildman–Crippen MR) is 127 cm³/mol. The van der Waals surface area contributed by atoms with Gasteiger partial charge in [0.05, 0.1) is 18.6 Å². The normalized spacial score (nSPS) is 11.0. The van der Waals surface area contributed by atoms with Gasteiger partial charge in [-0.3, -0.25) is 9.36 Å². The van der Waals surface area contributed by atoms with E-state index in [1.807, 2.05) is 53.1 Å². The van der Waals surface area contributed by atoms with Crippen LogP contribution >= 0.6 is 11.8 Å². The van der Waals surface area contributed by atoms with Gasteiger partial charge in [-0.25, -0.2) is 0 Å². The van der Waals surface area contributed by atoms with Gasteiger partial charge in [0.15, 0.2) is 16.8 Å². The molecule has 158 valence electrons.